The van der Waals surface area contributed by atoms with Crippen LogP contribution in [0, 0.1) is 0 Å². The first-order valence-corrected chi connectivity index (χ1v) is 9.00. The van der Waals surface area contributed by atoms with Crippen molar-refractivity contribution < 1.29 is 9.47 Å². The van der Waals surface area contributed by atoms with E-state index in [1.165, 1.54) is 16.7 Å². The summed E-state index contributed by atoms with van der Waals surface area (Å²) in [5, 5.41) is 0. The number of piperidine rings is 1. The monoisotopic (exact) mass is 338 g/mol. The van der Waals surface area contributed by atoms with Gasteiger partial charge in [0.25, 0.3) is 0 Å². The van der Waals surface area contributed by atoms with Crippen LogP contribution in [-0.2, 0) is 6.42 Å². The van der Waals surface area contributed by atoms with Gasteiger partial charge in [-0.25, -0.2) is 0 Å². The van der Waals surface area contributed by atoms with Crippen LogP contribution >= 0.6 is 0 Å². The van der Waals surface area contributed by atoms with Gasteiger partial charge in [0.2, 0.25) is 0 Å². The average molecular weight is 338 g/mol. The molecule has 4 rings (SSSR count). The van der Waals surface area contributed by atoms with Crippen LogP contribution in [0.4, 0.5) is 0 Å². The molecule has 132 valence electrons. The number of rotatable bonds is 3. The van der Waals surface area contributed by atoms with Crippen molar-refractivity contribution in [3.63, 3.8) is 0 Å². The van der Waals surface area contributed by atoms with Gasteiger partial charge in [0.1, 0.15) is 0 Å². The van der Waals surface area contributed by atoms with Gasteiger partial charge in [-0.15, -0.1) is 0 Å². The highest BCUT2D eigenvalue weighted by Crippen LogP contribution is 2.44. The smallest absolute Gasteiger partial charge is 0.161 e. The van der Waals surface area contributed by atoms with Crippen molar-refractivity contribution in [3.8, 4) is 11.5 Å². The molecule has 4 nitrogen and oxygen atoms in total. The Morgan fingerprint density at radius 3 is 2.48 bits per heavy atom. The van der Waals surface area contributed by atoms with E-state index >= 15 is 0 Å². The minimum absolute atomic E-state index is 0.169. The fourth-order valence-corrected chi connectivity index (χ4v) is 4.44. The Labute approximate surface area is 149 Å². The molecule has 2 N–H and O–H groups in total. The van der Waals surface area contributed by atoms with Crippen molar-refractivity contribution >= 4 is 0 Å². The predicted octanol–water partition coefficient (Wildman–Crippen LogP) is 3.12. The second-order valence-corrected chi connectivity index (χ2v) is 7.08. The van der Waals surface area contributed by atoms with Crippen molar-refractivity contribution in [2.75, 3.05) is 27.3 Å². The Kier molecular flexibility index (Phi) is 4.40. The van der Waals surface area contributed by atoms with Crippen LogP contribution in [0.3, 0.4) is 0 Å². The number of fused-ring (bicyclic) bond motifs is 3. The summed E-state index contributed by atoms with van der Waals surface area (Å²) in [5.41, 5.74) is 10.7. The minimum Gasteiger partial charge on any atom is -0.493 e. The Bertz CT molecular complexity index is 747. The average Bonchev–Trinajstić information content (AvgIpc) is 2.67. The van der Waals surface area contributed by atoms with E-state index < -0.39 is 0 Å². The fourth-order valence-electron chi connectivity index (χ4n) is 4.44. The van der Waals surface area contributed by atoms with Crippen LogP contribution in [0.2, 0.25) is 0 Å². The first-order chi connectivity index (χ1) is 12.2. The number of methoxy groups -OCH3 is 2. The molecule has 1 fully saturated rings. The Hall–Kier alpha value is -2.04. The summed E-state index contributed by atoms with van der Waals surface area (Å²) in [5.74, 6) is 2.03. The predicted molar refractivity (Wildman–Crippen MR) is 99.3 cm³/mol. The van der Waals surface area contributed by atoms with Gasteiger partial charge >= 0.3 is 0 Å². The van der Waals surface area contributed by atoms with Crippen LogP contribution in [0.5, 0.6) is 11.5 Å². The van der Waals surface area contributed by atoms with Crippen LogP contribution < -0.4 is 15.2 Å². The van der Waals surface area contributed by atoms with E-state index in [0.717, 1.165) is 37.4 Å². The molecule has 0 bridgehead atoms. The molecule has 2 aliphatic heterocycles. The van der Waals surface area contributed by atoms with Gasteiger partial charge in [-0.2, -0.15) is 0 Å². The summed E-state index contributed by atoms with van der Waals surface area (Å²) in [6.07, 6.45) is 2.02. The van der Waals surface area contributed by atoms with Gasteiger partial charge < -0.3 is 15.2 Å². The van der Waals surface area contributed by atoms with E-state index in [1.807, 2.05) is 0 Å². The zero-order chi connectivity index (χ0) is 17.4. The zero-order valence-corrected chi connectivity index (χ0v) is 14.9. The molecule has 0 amide bonds. The molecule has 1 saturated heterocycles. The number of hydrogen-bond donors (Lipinski definition) is 1. The van der Waals surface area contributed by atoms with Crippen molar-refractivity contribution in [1.29, 1.82) is 0 Å². The van der Waals surface area contributed by atoms with E-state index in [9.17, 15) is 0 Å². The van der Waals surface area contributed by atoms with Crippen molar-refractivity contribution in [2.45, 2.75) is 30.8 Å². The van der Waals surface area contributed by atoms with Gasteiger partial charge in [-0.05, 0) is 41.7 Å². The van der Waals surface area contributed by atoms with Crippen LogP contribution in [0.1, 0.15) is 35.1 Å². The van der Waals surface area contributed by atoms with E-state index in [4.69, 9.17) is 15.2 Å². The van der Waals surface area contributed by atoms with Crippen molar-refractivity contribution in [2.24, 2.45) is 5.73 Å². The maximum absolute atomic E-state index is 6.62. The molecule has 0 aliphatic carbocycles. The number of benzene rings is 2. The van der Waals surface area contributed by atoms with E-state index in [2.05, 4.69) is 47.4 Å². The third-order valence-electron chi connectivity index (χ3n) is 5.78. The third kappa shape index (κ3) is 2.90. The van der Waals surface area contributed by atoms with E-state index in [1.54, 1.807) is 14.2 Å². The summed E-state index contributed by atoms with van der Waals surface area (Å²) in [4.78, 5) is 2.59. The molecule has 0 aromatic heterocycles. The van der Waals surface area contributed by atoms with Gasteiger partial charge in [0, 0.05) is 31.1 Å². The number of ether oxygens (including phenoxy) is 2. The molecule has 0 saturated carbocycles. The second kappa shape index (κ2) is 6.70. The first-order valence-electron chi connectivity index (χ1n) is 9.00. The quantitative estimate of drug-likeness (QED) is 0.934. The molecular weight excluding hydrogens is 312 g/mol. The second-order valence-electron chi connectivity index (χ2n) is 7.08. The first kappa shape index (κ1) is 16.4. The fraction of sp³-hybridized carbons (Fsp3) is 0.429. The highest BCUT2D eigenvalue weighted by molar-refractivity contribution is 5.49. The van der Waals surface area contributed by atoms with Gasteiger partial charge in [0.15, 0.2) is 11.5 Å². The summed E-state index contributed by atoms with van der Waals surface area (Å²) in [6, 6.07) is 15.5. The van der Waals surface area contributed by atoms with Crippen LogP contribution in [-0.4, -0.2) is 38.3 Å². The standard InChI is InChI=1S/C21H26N2O2/c1-24-20-10-15-8-9-23-13-17(14-6-4-3-5-7-14)18(22)12-19(23)16(15)11-21(20)25-2/h3-7,10-11,17-19H,8-9,12-13,22H2,1-2H3/t17-,18+,19+/m1/s1. The van der Waals surface area contributed by atoms with Crippen molar-refractivity contribution in [1.82, 2.24) is 4.90 Å². The molecular formula is C21H26N2O2. The largest absolute Gasteiger partial charge is 0.493 e. The van der Waals surface area contributed by atoms with Gasteiger partial charge in [-0.1, -0.05) is 30.3 Å². The zero-order valence-electron chi connectivity index (χ0n) is 14.9. The number of nitrogens with two attached hydrogens (primary N) is 1. The lowest BCUT2D eigenvalue weighted by Gasteiger charge is -2.46. The molecule has 25 heavy (non-hydrogen) atoms. The summed E-state index contributed by atoms with van der Waals surface area (Å²) >= 11 is 0. The van der Waals surface area contributed by atoms with Gasteiger partial charge in [-0.3, -0.25) is 4.90 Å². The molecule has 0 radical (unpaired) electrons. The van der Waals surface area contributed by atoms with Crippen molar-refractivity contribution in [3.05, 3.63) is 59.2 Å². The molecule has 3 atom stereocenters. The van der Waals surface area contributed by atoms with Crippen LogP contribution in [0.25, 0.3) is 0 Å². The molecule has 2 heterocycles. The molecule has 4 heteroatoms. The Morgan fingerprint density at radius 2 is 1.76 bits per heavy atom. The SMILES string of the molecule is COc1cc2c(cc1OC)[C@@H]1C[C@H](N)[C@@H](c3ccccc3)CN1CC2. The molecule has 2 aliphatic rings. The minimum atomic E-state index is 0.169. The lowest BCUT2D eigenvalue weighted by atomic mass is 9.78. The highest BCUT2D eigenvalue weighted by atomic mass is 16.5. The van der Waals surface area contributed by atoms with E-state index in [0.29, 0.717) is 12.0 Å². The normalized spacial score (nSPS) is 25.8. The lowest BCUT2D eigenvalue weighted by Crippen LogP contribution is -2.49. The number of nitrogens with zero attached hydrogens (tertiary/aromatic N) is 1. The topological polar surface area (TPSA) is 47.7 Å². The lowest BCUT2D eigenvalue weighted by molar-refractivity contribution is 0.109. The summed E-state index contributed by atoms with van der Waals surface area (Å²) in [7, 11) is 3.39. The molecule has 0 spiro atoms. The van der Waals surface area contributed by atoms with E-state index in [-0.39, 0.29) is 6.04 Å². The maximum atomic E-state index is 6.62. The molecule has 0 unspecified atom stereocenters. The van der Waals surface area contributed by atoms with Crippen LogP contribution in [0.15, 0.2) is 42.5 Å². The Morgan fingerprint density at radius 1 is 1.04 bits per heavy atom. The molecule has 2 aromatic rings. The highest BCUT2D eigenvalue weighted by Gasteiger charge is 2.38. The molecule has 2 aromatic carbocycles. The maximum Gasteiger partial charge on any atom is 0.161 e. The Balaban J connectivity index is 1.65. The number of hydrogen-bond acceptors (Lipinski definition) is 4. The summed E-state index contributed by atoms with van der Waals surface area (Å²) < 4.78 is 11.0. The third-order valence-corrected chi connectivity index (χ3v) is 5.78. The summed E-state index contributed by atoms with van der Waals surface area (Å²) in [6.45, 7) is 2.09. The van der Waals surface area contributed by atoms with Gasteiger partial charge in [0.05, 0.1) is 14.2 Å².